The van der Waals surface area contributed by atoms with Crippen LogP contribution in [0.15, 0.2) is 109 Å². The van der Waals surface area contributed by atoms with Crippen LogP contribution in [0.5, 0.6) is 34.5 Å². The molecule has 15 heteroatoms. The molecule has 462 valence electrons. The van der Waals surface area contributed by atoms with Crippen molar-refractivity contribution in [2.75, 3.05) is 0 Å². The number of ether oxygens (including phenoxy) is 6. The van der Waals surface area contributed by atoms with Gasteiger partial charge >= 0.3 is 18.1 Å². The van der Waals surface area contributed by atoms with Gasteiger partial charge in [-0.3, -0.25) is 0 Å². The zero-order chi connectivity index (χ0) is 59.8. The van der Waals surface area contributed by atoms with Gasteiger partial charge in [-0.15, -0.1) is 0 Å². The van der Waals surface area contributed by atoms with E-state index >= 15 is 0 Å². The summed E-state index contributed by atoms with van der Waals surface area (Å²) in [5, 5.41) is 26.6. The summed E-state index contributed by atoms with van der Waals surface area (Å²) in [4.78, 5) is 43.6. The zero-order valence-corrected chi connectivity index (χ0v) is 51.0. The lowest BCUT2D eigenvalue weighted by molar-refractivity contribution is -0.222. The van der Waals surface area contributed by atoms with Crippen molar-refractivity contribution < 1.29 is 42.8 Å². The van der Waals surface area contributed by atoms with Crippen LogP contribution in [0.4, 0.5) is 14.4 Å². The quantitative estimate of drug-likeness (QED) is 0.0884. The molecule has 15 nitrogen and oxygen atoms in total. The average molecular weight is 1210 g/mol. The van der Waals surface area contributed by atoms with Crippen LogP contribution in [0.2, 0.25) is 0 Å². The summed E-state index contributed by atoms with van der Waals surface area (Å²) >= 11 is 0. The lowest BCUT2D eigenvalue weighted by Crippen LogP contribution is -2.75. The molecule has 0 aromatic heterocycles. The highest BCUT2D eigenvalue weighted by Gasteiger charge is 2.70. The molecule has 6 saturated carbocycles. The van der Waals surface area contributed by atoms with Gasteiger partial charge < -0.3 is 60.3 Å². The molecule has 6 fully saturated rings. The Morgan fingerprint density at radius 1 is 0.322 bits per heavy atom. The third kappa shape index (κ3) is 7.60. The van der Waals surface area contributed by atoms with Crippen molar-refractivity contribution in [1.29, 1.82) is 0 Å². The SMILES string of the molecule is O=C(N[C@H]1CCc2ccccc21)NC12CCCC(CCC1)C21Oc2cc3c4cc5c(cc4c4cc6c(cc4c3cc2O1)OC1(O6)C2CCCC1(NC(=O)N[C@H]1CCc3ccccc31)CCC2)OC1(O5)C2CCCC1(NC(=O)N[C@H]1CCc3ccccc31)CCC2. The van der Waals surface area contributed by atoms with Crippen LogP contribution in [0.25, 0.3) is 32.3 Å². The van der Waals surface area contributed by atoms with Crippen LogP contribution in [0.3, 0.4) is 0 Å². The number of nitrogens with one attached hydrogen (secondary N) is 6. The minimum atomic E-state index is -1.13. The third-order valence-corrected chi connectivity index (χ3v) is 24.6. The highest BCUT2D eigenvalue weighted by molar-refractivity contribution is 6.27. The monoisotopic (exact) mass is 1210 g/mol. The molecule has 0 radical (unpaired) electrons. The van der Waals surface area contributed by atoms with Crippen molar-refractivity contribution in [3.8, 4) is 34.5 Å². The maximum absolute atomic E-state index is 14.5. The topological polar surface area (TPSA) is 179 Å². The minimum absolute atomic E-state index is 0.0467. The van der Waals surface area contributed by atoms with E-state index in [4.69, 9.17) is 28.4 Å². The number of amides is 6. The number of rotatable bonds is 6. The summed E-state index contributed by atoms with van der Waals surface area (Å²) in [6, 6.07) is 37.5. The summed E-state index contributed by atoms with van der Waals surface area (Å²) in [5.41, 5.74) is 5.07. The standard InChI is InChI=1S/C75H78N6O9/c82-67(76-58-28-25-43-13-1-4-22-49(43)58)79-70-31-7-16-46(17-8-32-70)73(70)85-61-37-52-53(38-62(61)86-73)55-40-64-66(90-75(88-64)48-20-11-35-72(75,36-12-21-48)81-69(84)78-60-30-27-45-15-3-6-24-51(45)60)42-57(55)56-41-65-63(39-54(52)56)87-74(89-65)47-18-9-33-71(74,34-10-19-47)80-68(83)77-59-29-26-44-14-2-5-23-50(44)59/h1-6,13-15,22-24,37-42,46-48,58-60H,7-12,16-21,25-36H2,(H2,76,79,82)(H2,77,80,83)(H2,78,81,84)/t46?,47?,48?,58-,59-,60-,70?,71?,72?,73?,74?,75?/m0/s1. The molecule has 6 bridgehead atoms. The van der Waals surface area contributed by atoms with Gasteiger partial charge in [-0.25, -0.2) is 14.4 Å². The van der Waals surface area contributed by atoms with E-state index in [9.17, 15) is 14.4 Å². The Hall–Kier alpha value is -8.07. The van der Waals surface area contributed by atoms with E-state index < -0.39 is 34.0 Å². The number of hydrogen-bond donors (Lipinski definition) is 6. The maximum Gasteiger partial charge on any atom is 0.315 e. The summed E-state index contributed by atoms with van der Waals surface area (Å²) in [7, 11) is 0. The first kappa shape index (κ1) is 53.7. The largest absolute Gasteiger partial charge is 0.446 e. The molecule has 19 rings (SSSR count). The van der Waals surface area contributed by atoms with E-state index in [-0.39, 0.29) is 54.0 Å². The molecule has 3 atom stereocenters. The van der Waals surface area contributed by atoms with Gasteiger partial charge in [-0.2, -0.15) is 0 Å². The highest BCUT2D eigenvalue weighted by Crippen LogP contribution is 2.63. The Kier molecular flexibility index (Phi) is 11.6. The number of urea groups is 3. The van der Waals surface area contributed by atoms with Crippen LogP contribution >= 0.6 is 0 Å². The number of carbonyl (C=O) groups excluding carboxylic acids is 3. The summed E-state index contributed by atoms with van der Waals surface area (Å²) in [6.07, 6.45) is 21.1. The first-order valence-electron chi connectivity index (χ1n) is 34.2. The van der Waals surface area contributed by atoms with Crippen molar-refractivity contribution in [2.24, 2.45) is 17.8 Å². The van der Waals surface area contributed by atoms with Gasteiger partial charge in [-0.05, 0) is 218 Å². The summed E-state index contributed by atoms with van der Waals surface area (Å²) in [6.45, 7) is 0. The van der Waals surface area contributed by atoms with E-state index in [0.717, 1.165) is 186 Å². The van der Waals surface area contributed by atoms with Gasteiger partial charge in [-0.1, -0.05) is 111 Å². The van der Waals surface area contributed by atoms with Gasteiger partial charge in [0.2, 0.25) is 0 Å². The van der Waals surface area contributed by atoms with Gasteiger partial charge in [0.05, 0.1) is 18.1 Å². The van der Waals surface area contributed by atoms with Gasteiger partial charge in [0.25, 0.3) is 17.4 Å². The highest BCUT2D eigenvalue weighted by atomic mass is 16.8. The molecule has 6 amide bonds. The molecule has 3 spiro atoms. The fourth-order valence-corrected chi connectivity index (χ4v) is 20.7. The van der Waals surface area contributed by atoms with E-state index in [1.807, 2.05) is 0 Å². The van der Waals surface area contributed by atoms with E-state index in [0.29, 0.717) is 34.5 Å². The second kappa shape index (κ2) is 19.5. The second-order valence-electron chi connectivity index (χ2n) is 29.0. The van der Waals surface area contributed by atoms with Crippen LogP contribution in [0.1, 0.15) is 186 Å². The minimum Gasteiger partial charge on any atom is -0.446 e. The van der Waals surface area contributed by atoms with Crippen molar-refractivity contribution in [1.82, 2.24) is 31.9 Å². The smallest absolute Gasteiger partial charge is 0.315 e. The molecule has 7 aromatic rings. The van der Waals surface area contributed by atoms with Crippen molar-refractivity contribution in [3.05, 3.63) is 143 Å². The Morgan fingerprint density at radius 2 is 0.556 bits per heavy atom. The van der Waals surface area contributed by atoms with E-state index in [1.54, 1.807) is 0 Å². The lowest BCUT2D eigenvalue weighted by Gasteiger charge is -2.56. The van der Waals surface area contributed by atoms with Crippen LogP contribution in [-0.2, 0) is 19.3 Å². The van der Waals surface area contributed by atoms with Crippen LogP contribution < -0.4 is 60.3 Å². The molecule has 90 heavy (non-hydrogen) atoms. The molecule has 6 N–H and O–H groups in total. The predicted molar refractivity (Wildman–Crippen MR) is 340 cm³/mol. The molecule has 7 aromatic carbocycles. The van der Waals surface area contributed by atoms with Crippen molar-refractivity contribution in [3.63, 3.8) is 0 Å². The zero-order valence-electron chi connectivity index (χ0n) is 51.0. The molecular weight excluding hydrogens is 1130 g/mol. The Labute approximate surface area is 523 Å². The summed E-state index contributed by atoms with van der Waals surface area (Å²) < 4.78 is 45.0. The number of carbonyl (C=O) groups is 3. The molecule has 0 unspecified atom stereocenters. The van der Waals surface area contributed by atoms with E-state index in [2.05, 4.69) is 141 Å². The van der Waals surface area contributed by atoms with Crippen molar-refractivity contribution in [2.45, 2.75) is 206 Å². The first-order valence-corrected chi connectivity index (χ1v) is 34.2. The number of aryl methyl sites for hydroxylation is 3. The fraction of sp³-hybridized carbons (Fsp3) is 0.480. The maximum atomic E-state index is 14.5. The first-order chi connectivity index (χ1) is 44.0. The molecule has 3 aliphatic heterocycles. The Balaban J connectivity index is 0.720. The molecule has 9 aliphatic carbocycles. The number of hydrogen-bond acceptors (Lipinski definition) is 9. The Morgan fingerprint density at radius 3 is 0.800 bits per heavy atom. The van der Waals surface area contributed by atoms with Gasteiger partial charge in [0, 0.05) is 17.8 Å². The Bertz CT molecular complexity index is 3640. The third-order valence-electron chi connectivity index (χ3n) is 24.6. The summed E-state index contributed by atoms with van der Waals surface area (Å²) in [5.74, 6) is 0.616. The molecule has 12 aliphatic rings. The average Bonchev–Trinajstić information content (AvgIpc) is 1.51. The number of fused-ring (bicyclic) bond motifs is 12. The van der Waals surface area contributed by atoms with Gasteiger partial charge in [0.15, 0.2) is 34.5 Å². The molecule has 3 heterocycles. The van der Waals surface area contributed by atoms with Crippen LogP contribution in [0, 0.1) is 17.8 Å². The predicted octanol–water partition coefficient (Wildman–Crippen LogP) is 14.7. The number of benzene rings is 7. The fourth-order valence-electron chi connectivity index (χ4n) is 20.7. The van der Waals surface area contributed by atoms with Crippen molar-refractivity contribution >= 4 is 50.4 Å². The second-order valence-corrected chi connectivity index (χ2v) is 29.0. The van der Waals surface area contributed by atoms with E-state index in [1.165, 1.54) is 33.4 Å². The molecular formula is C75H78N6O9. The lowest BCUT2D eigenvalue weighted by atomic mass is 9.62. The molecule has 0 saturated heterocycles. The van der Waals surface area contributed by atoms with Crippen LogP contribution in [-0.4, -0.2) is 52.1 Å². The normalized spacial score (nSPS) is 33.9. The van der Waals surface area contributed by atoms with Gasteiger partial charge in [0.1, 0.15) is 16.6 Å².